The highest BCUT2D eigenvalue weighted by atomic mass is 16.4. The Morgan fingerprint density at radius 2 is 1.90 bits per heavy atom. The molecule has 0 aromatic heterocycles. The van der Waals surface area contributed by atoms with E-state index in [0.29, 0.717) is 18.7 Å². The molecule has 0 radical (unpaired) electrons. The summed E-state index contributed by atoms with van der Waals surface area (Å²) in [6.07, 6.45) is 3.19. The minimum atomic E-state index is -1.07. The molecule has 106 valence electrons. The van der Waals surface area contributed by atoms with Gasteiger partial charge >= 0.3 is 12.0 Å². The molecule has 0 heterocycles. The van der Waals surface area contributed by atoms with Crippen molar-refractivity contribution < 1.29 is 14.7 Å². The van der Waals surface area contributed by atoms with Gasteiger partial charge in [-0.2, -0.15) is 0 Å². The lowest BCUT2D eigenvalue weighted by atomic mass is 10.1. The fourth-order valence-corrected chi connectivity index (χ4v) is 1.80. The second-order valence-electron chi connectivity index (χ2n) is 4.22. The summed E-state index contributed by atoms with van der Waals surface area (Å²) in [7, 11) is 0. The molecule has 20 heavy (non-hydrogen) atoms. The first-order valence-electron chi connectivity index (χ1n) is 6.11. The summed E-state index contributed by atoms with van der Waals surface area (Å²) in [6, 6.07) is 4.56. The quantitative estimate of drug-likeness (QED) is 0.784. The van der Waals surface area contributed by atoms with Gasteiger partial charge in [0.25, 0.3) is 0 Å². The molecular formula is C15H18N2O3. The number of hydrogen-bond donors (Lipinski definition) is 2. The summed E-state index contributed by atoms with van der Waals surface area (Å²) < 4.78 is 0. The van der Waals surface area contributed by atoms with Crippen molar-refractivity contribution in [2.75, 3.05) is 18.4 Å². The van der Waals surface area contributed by atoms with Crippen LogP contribution >= 0.6 is 0 Å². The highest BCUT2D eigenvalue weighted by molar-refractivity contribution is 6.01. The summed E-state index contributed by atoms with van der Waals surface area (Å²) in [5, 5.41) is 11.8. The normalized spacial score (nSPS) is 9.65. The lowest BCUT2D eigenvalue weighted by Crippen LogP contribution is -2.35. The van der Waals surface area contributed by atoms with E-state index in [-0.39, 0.29) is 11.3 Å². The Kier molecular flexibility index (Phi) is 5.53. The van der Waals surface area contributed by atoms with Crippen molar-refractivity contribution in [3.63, 3.8) is 0 Å². The average Bonchev–Trinajstić information content (AvgIpc) is 2.38. The molecule has 1 aromatic carbocycles. The van der Waals surface area contributed by atoms with Gasteiger partial charge in [-0.15, -0.1) is 13.2 Å². The van der Waals surface area contributed by atoms with Gasteiger partial charge in [0, 0.05) is 13.1 Å². The van der Waals surface area contributed by atoms with Gasteiger partial charge in [0.05, 0.1) is 11.3 Å². The average molecular weight is 274 g/mol. The summed E-state index contributed by atoms with van der Waals surface area (Å²) in [4.78, 5) is 24.8. The van der Waals surface area contributed by atoms with E-state index in [4.69, 9.17) is 0 Å². The van der Waals surface area contributed by atoms with Crippen molar-refractivity contribution in [2.45, 2.75) is 6.92 Å². The molecule has 0 aliphatic heterocycles. The number of nitrogens with zero attached hydrogens (tertiary/aromatic N) is 1. The van der Waals surface area contributed by atoms with Crippen molar-refractivity contribution in [2.24, 2.45) is 0 Å². The van der Waals surface area contributed by atoms with Gasteiger partial charge in [-0.3, -0.25) is 0 Å². The fraction of sp³-hybridized carbons (Fsp3) is 0.200. The number of aryl methyl sites for hydroxylation is 1. The van der Waals surface area contributed by atoms with Crippen LogP contribution in [0.1, 0.15) is 15.9 Å². The predicted molar refractivity (Wildman–Crippen MR) is 79.1 cm³/mol. The topological polar surface area (TPSA) is 69.6 Å². The third-order valence-corrected chi connectivity index (χ3v) is 2.71. The molecule has 0 spiro atoms. The van der Waals surface area contributed by atoms with Gasteiger partial charge < -0.3 is 15.3 Å². The van der Waals surface area contributed by atoms with E-state index in [9.17, 15) is 14.7 Å². The Labute approximate surface area is 118 Å². The van der Waals surface area contributed by atoms with Gasteiger partial charge in [-0.1, -0.05) is 24.3 Å². The molecule has 5 heteroatoms. The van der Waals surface area contributed by atoms with Crippen LogP contribution in [0, 0.1) is 6.92 Å². The van der Waals surface area contributed by atoms with Crippen LogP contribution in [-0.2, 0) is 0 Å². The lowest BCUT2D eigenvalue weighted by molar-refractivity contribution is 0.0697. The highest BCUT2D eigenvalue weighted by Crippen LogP contribution is 2.20. The number of nitrogens with one attached hydrogen (secondary N) is 1. The monoisotopic (exact) mass is 274 g/mol. The molecule has 1 rings (SSSR count). The fourth-order valence-electron chi connectivity index (χ4n) is 1.80. The van der Waals surface area contributed by atoms with Crippen molar-refractivity contribution in [3.8, 4) is 0 Å². The first-order valence-corrected chi connectivity index (χ1v) is 6.11. The number of urea groups is 1. The SMILES string of the molecule is C=CCN(CC=C)C(=O)Nc1cccc(C)c1C(=O)O. The molecule has 0 aliphatic rings. The molecule has 0 saturated heterocycles. The van der Waals surface area contributed by atoms with Crippen LogP contribution < -0.4 is 5.32 Å². The third-order valence-electron chi connectivity index (χ3n) is 2.71. The second kappa shape index (κ2) is 7.13. The number of carbonyl (C=O) groups excluding carboxylic acids is 1. The van der Waals surface area contributed by atoms with Crippen LogP contribution in [0.15, 0.2) is 43.5 Å². The van der Waals surface area contributed by atoms with E-state index < -0.39 is 12.0 Å². The van der Waals surface area contributed by atoms with Crippen LogP contribution in [0.5, 0.6) is 0 Å². The third kappa shape index (κ3) is 3.71. The minimum absolute atomic E-state index is 0.0954. The van der Waals surface area contributed by atoms with Crippen LogP contribution in [0.25, 0.3) is 0 Å². The Hall–Kier alpha value is -2.56. The number of anilines is 1. The number of rotatable bonds is 6. The maximum absolute atomic E-state index is 12.1. The van der Waals surface area contributed by atoms with Gasteiger partial charge in [-0.25, -0.2) is 9.59 Å². The smallest absolute Gasteiger partial charge is 0.338 e. The number of carboxylic acids is 1. The Morgan fingerprint density at radius 1 is 1.30 bits per heavy atom. The Morgan fingerprint density at radius 3 is 2.40 bits per heavy atom. The van der Waals surface area contributed by atoms with Crippen molar-refractivity contribution in [1.29, 1.82) is 0 Å². The van der Waals surface area contributed by atoms with E-state index >= 15 is 0 Å². The van der Waals surface area contributed by atoms with E-state index in [2.05, 4.69) is 18.5 Å². The molecule has 0 aliphatic carbocycles. The zero-order valence-corrected chi connectivity index (χ0v) is 11.4. The first-order chi connectivity index (χ1) is 9.51. The summed E-state index contributed by atoms with van der Waals surface area (Å²) in [6.45, 7) is 9.56. The zero-order chi connectivity index (χ0) is 15.1. The second-order valence-corrected chi connectivity index (χ2v) is 4.22. The molecular weight excluding hydrogens is 256 g/mol. The molecule has 0 saturated carbocycles. The summed E-state index contributed by atoms with van der Waals surface area (Å²) in [5.41, 5.74) is 0.966. The Balaban J connectivity index is 3.00. The largest absolute Gasteiger partial charge is 0.478 e. The molecule has 2 amide bonds. The van der Waals surface area contributed by atoms with Gasteiger partial charge in [0.15, 0.2) is 0 Å². The molecule has 5 nitrogen and oxygen atoms in total. The molecule has 1 aromatic rings. The molecule has 0 fully saturated rings. The number of hydrogen-bond acceptors (Lipinski definition) is 2. The maximum atomic E-state index is 12.1. The van der Waals surface area contributed by atoms with E-state index in [1.165, 1.54) is 4.90 Å². The number of carbonyl (C=O) groups is 2. The maximum Gasteiger partial charge on any atom is 0.338 e. The van der Waals surface area contributed by atoms with Crippen LogP contribution in [0.3, 0.4) is 0 Å². The van der Waals surface area contributed by atoms with E-state index in [0.717, 1.165) is 0 Å². The molecule has 0 atom stereocenters. The molecule has 0 bridgehead atoms. The van der Waals surface area contributed by atoms with Crippen LogP contribution in [0.2, 0.25) is 0 Å². The summed E-state index contributed by atoms with van der Waals surface area (Å²) in [5.74, 6) is -1.07. The van der Waals surface area contributed by atoms with Crippen molar-refractivity contribution in [1.82, 2.24) is 4.90 Å². The van der Waals surface area contributed by atoms with E-state index in [1.807, 2.05) is 0 Å². The van der Waals surface area contributed by atoms with Gasteiger partial charge in [-0.05, 0) is 18.6 Å². The van der Waals surface area contributed by atoms with Gasteiger partial charge in [0.2, 0.25) is 0 Å². The van der Waals surface area contributed by atoms with E-state index in [1.54, 1.807) is 37.3 Å². The van der Waals surface area contributed by atoms with Crippen molar-refractivity contribution in [3.05, 3.63) is 54.6 Å². The predicted octanol–water partition coefficient (Wildman–Crippen LogP) is 2.90. The summed E-state index contributed by atoms with van der Waals surface area (Å²) >= 11 is 0. The molecule has 0 unspecified atom stereocenters. The number of benzene rings is 1. The minimum Gasteiger partial charge on any atom is -0.478 e. The zero-order valence-electron chi connectivity index (χ0n) is 11.4. The first kappa shape index (κ1) is 15.5. The highest BCUT2D eigenvalue weighted by Gasteiger charge is 2.17. The van der Waals surface area contributed by atoms with Crippen LogP contribution in [-0.4, -0.2) is 35.1 Å². The van der Waals surface area contributed by atoms with Gasteiger partial charge in [0.1, 0.15) is 0 Å². The van der Waals surface area contributed by atoms with Crippen LogP contribution in [0.4, 0.5) is 10.5 Å². The number of aromatic carboxylic acids is 1. The standard InChI is InChI=1S/C15H18N2O3/c1-4-9-17(10-5-2)15(20)16-12-8-6-7-11(3)13(12)14(18)19/h4-8H,1-2,9-10H2,3H3,(H,16,20)(H,18,19). The molecule has 2 N–H and O–H groups in total. The number of amides is 2. The Bertz CT molecular complexity index is 528. The number of carboxylic acid groups (broad SMARTS) is 1. The lowest BCUT2D eigenvalue weighted by Gasteiger charge is -2.20. The van der Waals surface area contributed by atoms with Crippen molar-refractivity contribution >= 4 is 17.7 Å².